The van der Waals surface area contributed by atoms with Gasteiger partial charge in [-0.1, -0.05) is 0 Å². The van der Waals surface area contributed by atoms with Crippen LogP contribution >= 0.6 is 0 Å². The van der Waals surface area contributed by atoms with E-state index < -0.39 is 0 Å². The Bertz CT molecular complexity index is 214. The second kappa shape index (κ2) is 5.47. The van der Waals surface area contributed by atoms with Gasteiger partial charge in [-0.05, 0) is 39.0 Å². The first kappa shape index (κ1) is 12.5. The van der Waals surface area contributed by atoms with Crippen LogP contribution in [0.2, 0.25) is 0 Å². The number of esters is 1. The molecule has 1 rings (SSSR count). The van der Waals surface area contributed by atoms with Gasteiger partial charge in [0.2, 0.25) is 0 Å². The van der Waals surface area contributed by atoms with Crippen molar-refractivity contribution in [1.82, 2.24) is 5.32 Å². The highest BCUT2D eigenvalue weighted by Gasteiger charge is 2.37. The van der Waals surface area contributed by atoms with Crippen molar-refractivity contribution in [3.8, 4) is 0 Å². The fourth-order valence-corrected chi connectivity index (χ4v) is 1.84. The topological polar surface area (TPSA) is 58.6 Å². The van der Waals surface area contributed by atoms with Crippen molar-refractivity contribution < 1.29 is 14.6 Å². The molecule has 1 aliphatic rings. The molecule has 3 unspecified atom stereocenters. The van der Waals surface area contributed by atoms with E-state index in [1.54, 1.807) is 6.92 Å². The first-order valence-electron chi connectivity index (χ1n) is 5.56. The van der Waals surface area contributed by atoms with E-state index in [2.05, 4.69) is 5.32 Å². The molecular formula is C11H21NO3. The van der Waals surface area contributed by atoms with Crippen LogP contribution in [0, 0.1) is 5.92 Å². The molecule has 3 atom stereocenters. The maximum absolute atomic E-state index is 11.5. The number of aliphatic hydroxyl groups excluding tert-OH is 1. The molecule has 0 aromatic carbocycles. The number of carbonyl (C=O) groups is 1. The summed E-state index contributed by atoms with van der Waals surface area (Å²) in [5, 5.41) is 12.5. The number of hydrogen-bond donors (Lipinski definition) is 2. The Balaban J connectivity index is 2.40. The molecule has 1 aliphatic carbocycles. The van der Waals surface area contributed by atoms with Crippen LogP contribution in [0.4, 0.5) is 0 Å². The predicted molar refractivity (Wildman–Crippen MR) is 57.4 cm³/mol. The predicted octanol–water partition coefficient (Wildman–Crippen LogP) is 0.687. The van der Waals surface area contributed by atoms with E-state index >= 15 is 0 Å². The number of ether oxygens (including phenoxy) is 1. The molecule has 2 N–H and O–H groups in total. The summed E-state index contributed by atoms with van der Waals surface area (Å²) >= 11 is 0. The third kappa shape index (κ3) is 4.18. The molecule has 0 saturated heterocycles. The second-order valence-electron chi connectivity index (χ2n) is 4.49. The Kier molecular flexibility index (Phi) is 4.54. The van der Waals surface area contributed by atoms with Gasteiger partial charge in [0.05, 0.1) is 13.2 Å². The van der Waals surface area contributed by atoms with Gasteiger partial charge >= 0.3 is 5.97 Å². The lowest BCUT2D eigenvalue weighted by atomic mass is 10.1. The van der Waals surface area contributed by atoms with Gasteiger partial charge in [0, 0.05) is 6.04 Å². The highest BCUT2D eigenvalue weighted by Crippen LogP contribution is 2.33. The van der Waals surface area contributed by atoms with Crippen molar-refractivity contribution in [1.29, 1.82) is 0 Å². The molecule has 4 nitrogen and oxygen atoms in total. The summed E-state index contributed by atoms with van der Waals surface area (Å²) in [5.74, 6) is 0.240. The SMILES string of the molecule is COC(=O)C(NC(C)CC(C)O)C1CC1. The fourth-order valence-electron chi connectivity index (χ4n) is 1.84. The molecule has 4 heteroatoms. The lowest BCUT2D eigenvalue weighted by Gasteiger charge is -2.22. The molecule has 0 amide bonds. The van der Waals surface area contributed by atoms with Crippen LogP contribution in [0.5, 0.6) is 0 Å². The minimum absolute atomic E-state index is 0.134. The average molecular weight is 215 g/mol. The maximum Gasteiger partial charge on any atom is 0.323 e. The normalized spacial score (nSPS) is 21.9. The van der Waals surface area contributed by atoms with Gasteiger partial charge in [-0.2, -0.15) is 0 Å². The van der Waals surface area contributed by atoms with Gasteiger partial charge in [0.25, 0.3) is 0 Å². The molecular weight excluding hydrogens is 194 g/mol. The van der Waals surface area contributed by atoms with Crippen LogP contribution in [0.25, 0.3) is 0 Å². The molecule has 0 radical (unpaired) electrons. The van der Waals surface area contributed by atoms with Crippen LogP contribution < -0.4 is 5.32 Å². The Labute approximate surface area is 91.0 Å². The van der Waals surface area contributed by atoms with Crippen molar-refractivity contribution in [3.05, 3.63) is 0 Å². The number of nitrogens with one attached hydrogen (secondary N) is 1. The van der Waals surface area contributed by atoms with Crippen LogP contribution in [-0.4, -0.2) is 36.4 Å². The molecule has 0 aromatic rings. The Morgan fingerprint density at radius 1 is 1.53 bits per heavy atom. The van der Waals surface area contributed by atoms with Gasteiger partial charge in [0.15, 0.2) is 0 Å². The van der Waals surface area contributed by atoms with Gasteiger partial charge in [-0.15, -0.1) is 0 Å². The van der Waals surface area contributed by atoms with Crippen LogP contribution in [0.3, 0.4) is 0 Å². The molecule has 0 spiro atoms. The average Bonchev–Trinajstić information content (AvgIpc) is 2.95. The zero-order valence-electron chi connectivity index (χ0n) is 9.69. The molecule has 1 saturated carbocycles. The molecule has 0 aromatic heterocycles. The third-order valence-electron chi connectivity index (χ3n) is 2.71. The van der Waals surface area contributed by atoms with Gasteiger partial charge in [-0.3, -0.25) is 4.79 Å². The van der Waals surface area contributed by atoms with Crippen molar-refractivity contribution in [2.75, 3.05) is 7.11 Å². The van der Waals surface area contributed by atoms with Crippen LogP contribution in [-0.2, 0) is 9.53 Å². The van der Waals surface area contributed by atoms with E-state index in [1.165, 1.54) is 7.11 Å². The summed E-state index contributed by atoms with van der Waals surface area (Å²) in [5.41, 5.74) is 0. The smallest absolute Gasteiger partial charge is 0.323 e. The van der Waals surface area contributed by atoms with Gasteiger partial charge < -0.3 is 15.2 Å². The highest BCUT2D eigenvalue weighted by molar-refractivity contribution is 5.76. The van der Waals surface area contributed by atoms with E-state index in [9.17, 15) is 9.90 Å². The lowest BCUT2D eigenvalue weighted by Crippen LogP contribution is -2.45. The molecule has 88 valence electrons. The Hall–Kier alpha value is -0.610. The summed E-state index contributed by atoms with van der Waals surface area (Å²) in [7, 11) is 1.42. The fraction of sp³-hybridized carbons (Fsp3) is 0.909. The van der Waals surface area contributed by atoms with Crippen molar-refractivity contribution in [3.63, 3.8) is 0 Å². The molecule has 15 heavy (non-hydrogen) atoms. The molecule has 0 heterocycles. The minimum Gasteiger partial charge on any atom is -0.468 e. The molecule has 0 bridgehead atoms. The summed E-state index contributed by atoms with van der Waals surface area (Å²) in [4.78, 5) is 11.5. The summed E-state index contributed by atoms with van der Waals surface area (Å²) < 4.78 is 4.76. The number of aliphatic hydroxyl groups is 1. The first-order chi connectivity index (χ1) is 7.04. The number of rotatable bonds is 6. The van der Waals surface area contributed by atoms with Crippen molar-refractivity contribution in [2.45, 2.75) is 51.3 Å². The van der Waals surface area contributed by atoms with Gasteiger partial charge in [0.1, 0.15) is 6.04 Å². The van der Waals surface area contributed by atoms with Crippen molar-refractivity contribution >= 4 is 5.97 Å². The summed E-state index contributed by atoms with van der Waals surface area (Å²) in [6.45, 7) is 3.73. The quantitative estimate of drug-likeness (QED) is 0.640. The molecule has 0 aliphatic heterocycles. The Morgan fingerprint density at radius 3 is 2.53 bits per heavy atom. The zero-order chi connectivity index (χ0) is 11.4. The largest absolute Gasteiger partial charge is 0.468 e. The van der Waals surface area contributed by atoms with E-state index in [0.717, 1.165) is 12.8 Å². The standard InChI is InChI=1S/C11H21NO3/c1-7(6-8(2)13)12-10(9-4-5-9)11(14)15-3/h7-10,12-13H,4-6H2,1-3H3. The van der Waals surface area contributed by atoms with E-state index in [-0.39, 0.29) is 24.2 Å². The van der Waals surface area contributed by atoms with Crippen molar-refractivity contribution in [2.24, 2.45) is 5.92 Å². The monoisotopic (exact) mass is 215 g/mol. The minimum atomic E-state index is -0.343. The highest BCUT2D eigenvalue weighted by atomic mass is 16.5. The second-order valence-corrected chi connectivity index (χ2v) is 4.49. The first-order valence-corrected chi connectivity index (χ1v) is 5.56. The summed E-state index contributed by atoms with van der Waals surface area (Å²) in [6.07, 6.45) is 2.49. The van der Waals surface area contributed by atoms with E-state index in [4.69, 9.17) is 4.74 Å². The van der Waals surface area contributed by atoms with E-state index in [1.807, 2.05) is 6.92 Å². The molecule has 1 fully saturated rings. The zero-order valence-corrected chi connectivity index (χ0v) is 9.69. The van der Waals surface area contributed by atoms with E-state index in [0.29, 0.717) is 12.3 Å². The number of hydrogen-bond acceptors (Lipinski definition) is 4. The van der Waals surface area contributed by atoms with Gasteiger partial charge in [-0.25, -0.2) is 0 Å². The lowest BCUT2D eigenvalue weighted by molar-refractivity contribution is -0.144. The summed E-state index contributed by atoms with van der Waals surface area (Å²) in [6, 6.07) is -0.0570. The van der Waals surface area contributed by atoms with Crippen LogP contribution in [0.15, 0.2) is 0 Å². The Morgan fingerprint density at radius 2 is 2.13 bits per heavy atom. The van der Waals surface area contributed by atoms with Crippen LogP contribution in [0.1, 0.15) is 33.1 Å². The maximum atomic E-state index is 11.5. The number of methoxy groups -OCH3 is 1. The number of carbonyl (C=O) groups excluding carboxylic acids is 1. The third-order valence-corrected chi connectivity index (χ3v) is 2.71.